The predicted octanol–water partition coefficient (Wildman–Crippen LogP) is 3.61. The van der Waals surface area contributed by atoms with Gasteiger partial charge < -0.3 is 30.3 Å². The number of rotatable bonds is 9. The Balaban J connectivity index is 0.000000334. The molecule has 4 atom stereocenters. The third-order valence-electron chi connectivity index (χ3n) is 7.74. The molecule has 3 aromatic carbocycles. The van der Waals surface area contributed by atoms with E-state index < -0.39 is 24.1 Å². The molecule has 2 aliphatic rings. The molecule has 0 radical (unpaired) electrons. The van der Waals surface area contributed by atoms with Crippen LogP contribution in [0.1, 0.15) is 53.4 Å². The zero-order valence-corrected chi connectivity index (χ0v) is 22.8. The molecule has 1 saturated heterocycles. The third-order valence-corrected chi connectivity index (χ3v) is 7.74. The molecule has 5 N–H and O–H groups in total. The number of carboxylic acids is 2. The van der Waals surface area contributed by atoms with Crippen LogP contribution in [0, 0.1) is 0 Å². The number of phenolic OH excluding ortho intramolecular Hbond substituents is 1. The Morgan fingerprint density at radius 3 is 2.10 bits per heavy atom. The summed E-state index contributed by atoms with van der Waals surface area (Å²) in [5, 5.41) is 42.5. The summed E-state index contributed by atoms with van der Waals surface area (Å²) < 4.78 is 6.03. The van der Waals surface area contributed by atoms with Gasteiger partial charge in [0.25, 0.3) is 0 Å². The van der Waals surface area contributed by atoms with Gasteiger partial charge >= 0.3 is 11.9 Å². The summed E-state index contributed by atoms with van der Waals surface area (Å²) in [6, 6.07) is 25.4. The highest BCUT2D eigenvalue weighted by atomic mass is 16.5. The van der Waals surface area contributed by atoms with Crippen LogP contribution in [0.4, 0.5) is 0 Å². The molecule has 0 saturated carbocycles. The number of carbonyl (C=O) groups is 2. The second-order valence-corrected chi connectivity index (χ2v) is 10.4. The van der Waals surface area contributed by atoms with Crippen molar-refractivity contribution in [1.82, 2.24) is 4.90 Å². The molecule has 3 aromatic rings. The highest BCUT2D eigenvalue weighted by Gasteiger charge is 2.32. The lowest BCUT2D eigenvalue weighted by molar-refractivity contribution is -0.165. The number of likely N-dealkylation sites (tertiary alicyclic amines) is 1. The van der Waals surface area contributed by atoms with Gasteiger partial charge in [0, 0.05) is 12.5 Å². The van der Waals surface area contributed by atoms with Crippen LogP contribution >= 0.6 is 0 Å². The Bertz CT molecular complexity index is 1270. The SMILES string of the molecule is O=C(O)[C@@H](O)[C@H](O)C(=O)O.Oc1ccc2c(c1)CC[C@H](c1ccccc1)[C@@H]2c1ccc(OCCN2CCCC2)cc1. The first kappa shape index (κ1) is 30.0. The molecule has 1 aliphatic carbocycles. The number of aryl methyl sites for hydroxylation is 1. The molecule has 0 aromatic heterocycles. The summed E-state index contributed by atoms with van der Waals surface area (Å²) in [6.45, 7) is 4.18. The van der Waals surface area contributed by atoms with E-state index in [2.05, 4.69) is 65.6 Å². The highest BCUT2D eigenvalue weighted by molar-refractivity contribution is 5.83. The Labute approximate surface area is 239 Å². The van der Waals surface area contributed by atoms with Crippen LogP contribution in [-0.2, 0) is 16.0 Å². The lowest BCUT2D eigenvalue weighted by Crippen LogP contribution is -2.39. The van der Waals surface area contributed by atoms with Crippen LogP contribution in [0.15, 0.2) is 72.8 Å². The molecule has 218 valence electrons. The van der Waals surface area contributed by atoms with Gasteiger partial charge in [-0.1, -0.05) is 48.5 Å². The van der Waals surface area contributed by atoms with Crippen molar-refractivity contribution in [2.24, 2.45) is 0 Å². The molecular formula is C32H37NO8. The maximum Gasteiger partial charge on any atom is 0.335 e. The predicted molar refractivity (Wildman–Crippen MR) is 152 cm³/mol. The third kappa shape index (κ3) is 7.85. The van der Waals surface area contributed by atoms with E-state index >= 15 is 0 Å². The topological polar surface area (TPSA) is 148 Å². The van der Waals surface area contributed by atoms with Gasteiger partial charge in [0.2, 0.25) is 0 Å². The number of hydrogen-bond acceptors (Lipinski definition) is 7. The molecular weight excluding hydrogens is 526 g/mol. The number of aliphatic hydroxyl groups is 2. The minimum Gasteiger partial charge on any atom is -0.508 e. The van der Waals surface area contributed by atoms with Crippen molar-refractivity contribution in [2.75, 3.05) is 26.2 Å². The lowest BCUT2D eigenvalue weighted by Gasteiger charge is -2.35. The van der Waals surface area contributed by atoms with E-state index in [1.807, 2.05) is 12.1 Å². The van der Waals surface area contributed by atoms with Crippen molar-refractivity contribution in [3.8, 4) is 11.5 Å². The first-order valence-corrected chi connectivity index (χ1v) is 13.9. The quantitative estimate of drug-likeness (QED) is 0.263. The van der Waals surface area contributed by atoms with Crippen molar-refractivity contribution in [1.29, 1.82) is 0 Å². The van der Waals surface area contributed by atoms with Gasteiger partial charge in [0.15, 0.2) is 12.2 Å². The second kappa shape index (κ2) is 14.1. The summed E-state index contributed by atoms with van der Waals surface area (Å²) in [5.74, 6) is -1.52. The van der Waals surface area contributed by atoms with Crippen LogP contribution in [-0.4, -0.2) is 80.8 Å². The molecule has 5 rings (SSSR count). The van der Waals surface area contributed by atoms with Gasteiger partial charge in [-0.25, -0.2) is 9.59 Å². The van der Waals surface area contributed by atoms with Gasteiger partial charge in [-0.15, -0.1) is 0 Å². The average molecular weight is 564 g/mol. The van der Waals surface area contributed by atoms with E-state index in [9.17, 15) is 14.7 Å². The molecule has 9 heteroatoms. The smallest absolute Gasteiger partial charge is 0.335 e. The fourth-order valence-electron chi connectivity index (χ4n) is 5.62. The van der Waals surface area contributed by atoms with E-state index in [0.717, 1.165) is 31.7 Å². The van der Waals surface area contributed by atoms with Crippen LogP contribution in [0.3, 0.4) is 0 Å². The maximum atomic E-state index is 10.0. The number of aromatic hydroxyl groups is 1. The molecule has 1 heterocycles. The van der Waals surface area contributed by atoms with Gasteiger partial charge in [-0.3, -0.25) is 4.90 Å². The number of phenols is 1. The molecule has 1 fully saturated rings. The normalized spacial score (nSPS) is 19.8. The zero-order valence-electron chi connectivity index (χ0n) is 22.8. The monoisotopic (exact) mass is 563 g/mol. The molecule has 0 amide bonds. The largest absolute Gasteiger partial charge is 0.508 e. The first-order valence-electron chi connectivity index (χ1n) is 13.9. The Hall–Kier alpha value is -3.92. The summed E-state index contributed by atoms with van der Waals surface area (Å²) in [5.41, 5.74) is 5.30. The fraction of sp³-hybridized carbons (Fsp3) is 0.375. The first-order chi connectivity index (χ1) is 19.7. The Morgan fingerprint density at radius 1 is 0.854 bits per heavy atom. The fourth-order valence-corrected chi connectivity index (χ4v) is 5.62. The number of carboxylic acid groups (broad SMARTS) is 2. The van der Waals surface area contributed by atoms with Crippen LogP contribution < -0.4 is 4.74 Å². The Morgan fingerprint density at radius 2 is 1.49 bits per heavy atom. The van der Waals surface area contributed by atoms with Gasteiger partial charge in [-0.05, 0) is 91.2 Å². The number of benzene rings is 3. The number of hydrogen-bond donors (Lipinski definition) is 5. The number of aliphatic carboxylic acids is 2. The van der Waals surface area contributed by atoms with Gasteiger partial charge in [-0.2, -0.15) is 0 Å². The molecule has 0 unspecified atom stereocenters. The average Bonchev–Trinajstić information content (AvgIpc) is 3.50. The number of nitrogens with zero attached hydrogens (tertiary/aromatic N) is 1. The van der Waals surface area contributed by atoms with Gasteiger partial charge in [0.05, 0.1) is 0 Å². The van der Waals surface area contributed by atoms with Crippen LogP contribution in [0.5, 0.6) is 11.5 Å². The molecule has 0 spiro atoms. The van der Waals surface area contributed by atoms with Crippen molar-refractivity contribution >= 4 is 11.9 Å². The van der Waals surface area contributed by atoms with E-state index in [1.54, 1.807) is 0 Å². The number of fused-ring (bicyclic) bond motifs is 1. The van der Waals surface area contributed by atoms with Crippen molar-refractivity contribution < 1.29 is 39.9 Å². The maximum absolute atomic E-state index is 10.0. The number of ether oxygens (including phenoxy) is 1. The van der Waals surface area contributed by atoms with Gasteiger partial charge in [0.1, 0.15) is 18.1 Å². The van der Waals surface area contributed by atoms with E-state index in [-0.39, 0.29) is 5.92 Å². The van der Waals surface area contributed by atoms with Crippen LogP contribution in [0.25, 0.3) is 0 Å². The summed E-state index contributed by atoms with van der Waals surface area (Å²) in [7, 11) is 0. The second-order valence-electron chi connectivity index (χ2n) is 10.4. The van der Waals surface area contributed by atoms with Crippen molar-refractivity contribution in [3.63, 3.8) is 0 Å². The summed E-state index contributed by atoms with van der Waals surface area (Å²) in [6.07, 6.45) is 0.182. The summed E-state index contributed by atoms with van der Waals surface area (Å²) >= 11 is 0. The molecule has 41 heavy (non-hydrogen) atoms. The zero-order chi connectivity index (χ0) is 29.4. The minimum atomic E-state index is -2.27. The van der Waals surface area contributed by atoms with Crippen molar-refractivity contribution in [3.05, 3.63) is 95.1 Å². The van der Waals surface area contributed by atoms with Crippen molar-refractivity contribution in [2.45, 2.75) is 49.7 Å². The Kier molecular flexibility index (Phi) is 10.3. The molecule has 0 bridgehead atoms. The molecule has 1 aliphatic heterocycles. The van der Waals surface area contributed by atoms with E-state index in [1.165, 1.54) is 48.2 Å². The number of aliphatic hydroxyl groups excluding tert-OH is 2. The van der Waals surface area contributed by atoms with E-state index in [4.69, 9.17) is 25.2 Å². The highest BCUT2D eigenvalue weighted by Crippen LogP contribution is 2.47. The lowest BCUT2D eigenvalue weighted by atomic mass is 9.69. The minimum absolute atomic E-state index is 0.283. The van der Waals surface area contributed by atoms with E-state index in [0.29, 0.717) is 11.7 Å². The standard InChI is InChI=1S/C28H31NO2.C4H6O6/c30-24-11-15-27-23(20-24)10-14-26(21-6-2-1-3-7-21)28(27)22-8-12-25(13-9-22)31-19-18-29-16-4-5-17-29;5-1(3(7)8)2(6)4(9)10/h1-3,6-9,11-13,15,20,26,28,30H,4-5,10,14,16-19H2;1-2,5-6H,(H,7,8)(H,9,10)/t26-,28+;1-,2-/m10/s1. The molecule has 9 nitrogen and oxygen atoms in total. The summed E-state index contributed by atoms with van der Waals surface area (Å²) in [4.78, 5) is 22.0. The van der Waals surface area contributed by atoms with Crippen LogP contribution in [0.2, 0.25) is 0 Å².